The maximum absolute atomic E-state index is 13.5. The van der Waals surface area contributed by atoms with Gasteiger partial charge in [0.05, 0.1) is 12.6 Å². The van der Waals surface area contributed by atoms with Crippen molar-refractivity contribution in [2.75, 3.05) is 50.0 Å². The van der Waals surface area contributed by atoms with Crippen molar-refractivity contribution in [3.05, 3.63) is 71.8 Å². The van der Waals surface area contributed by atoms with Gasteiger partial charge in [-0.15, -0.1) is 0 Å². The fourth-order valence-corrected chi connectivity index (χ4v) is 4.52. The van der Waals surface area contributed by atoms with Crippen molar-refractivity contribution in [2.24, 2.45) is 0 Å². The third-order valence-corrected chi connectivity index (χ3v) is 6.57. The molecular weight excluding hydrogens is 490 g/mol. The minimum absolute atomic E-state index is 0.0328. The molecule has 0 radical (unpaired) electrons. The zero-order valence-corrected chi connectivity index (χ0v) is 21.6. The first-order valence-electron chi connectivity index (χ1n) is 13.3. The molecule has 3 N–H and O–H groups in total. The molecule has 0 aliphatic carbocycles. The number of hydrogen-bond acceptors (Lipinski definition) is 8. The molecule has 38 heavy (non-hydrogen) atoms. The molecule has 2 aromatic heterocycles. The molecule has 0 fully saturated rings. The fraction of sp³-hybridized carbons (Fsp3) is 0.464. The number of benzene rings is 1. The zero-order valence-electron chi connectivity index (χ0n) is 21.6. The third-order valence-electron chi connectivity index (χ3n) is 6.57. The molecule has 1 aliphatic heterocycles. The highest BCUT2D eigenvalue weighted by Crippen LogP contribution is 2.20. The molecule has 1 atom stereocenters. The molecule has 4 rings (SSSR count). The fourth-order valence-electron chi connectivity index (χ4n) is 4.52. The summed E-state index contributed by atoms with van der Waals surface area (Å²) >= 11 is 0. The smallest absolute Gasteiger partial charge is 0.129 e. The van der Waals surface area contributed by atoms with Crippen molar-refractivity contribution in [3.63, 3.8) is 0 Å². The van der Waals surface area contributed by atoms with Crippen LogP contribution in [0.15, 0.2) is 48.9 Å². The highest BCUT2D eigenvalue weighted by atomic mass is 19.1. The molecule has 3 heterocycles. The standard InChI is InChI=1S/C28H36F2N6O2/c29-22-16-23(30)18-26(17-22)38-15-14-36(13-9-25(19-37)34-27-8-11-31-20-33-27)12-2-1-5-24-7-6-21-4-3-10-32-28(21)35-24/h6-8,11,16-18,20,25,37H,1-5,9-10,12-15,19H2,(H,32,35)(H,31,33,34)/t25-/m0/s1. The largest absolute Gasteiger partial charge is 0.492 e. The number of ether oxygens (including phenoxy) is 1. The molecule has 10 heteroatoms. The second-order valence-corrected chi connectivity index (χ2v) is 9.50. The van der Waals surface area contributed by atoms with Crippen LogP contribution in [0.2, 0.25) is 0 Å². The van der Waals surface area contributed by atoms with Crippen LogP contribution in [0, 0.1) is 11.6 Å². The predicted octanol–water partition coefficient (Wildman–Crippen LogP) is 4.07. The lowest BCUT2D eigenvalue weighted by Crippen LogP contribution is -2.35. The Labute approximate surface area is 222 Å². The van der Waals surface area contributed by atoms with E-state index < -0.39 is 11.6 Å². The zero-order chi connectivity index (χ0) is 26.6. The first-order valence-corrected chi connectivity index (χ1v) is 13.3. The summed E-state index contributed by atoms with van der Waals surface area (Å²) in [6.07, 6.45) is 8.87. The van der Waals surface area contributed by atoms with Crippen molar-refractivity contribution >= 4 is 11.6 Å². The van der Waals surface area contributed by atoms with Gasteiger partial charge in [0, 0.05) is 49.7 Å². The van der Waals surface area contributed by atoms with Gasteiger partial charge in [0.2, 0.25) is 0 Å². The molecule has 204 valence electrons. The molecule has 0 saturated heterocycles. The van der Waals surface area contributed by atoms with Crippen molar-refractivity contribution < 1.29 is 18.6 Å². The summed E-state index contributed by atoms with van der Waals surface area (Å²) in [6.45, 7) is 3.37. The highest BCUT2D eigenvalue weighted by molar-refractivity contribution is 5.47. The van der Waals surface area contributed by atoms with Gasteiger partial charge in [0.15, 0.2) is 0 Å². The average Bonchev–Trinajstić information content (AvgIpc) is 2.92. The Balaban J connectivity index is 1.28. The van der Waals surface area contributed by atoms with Gasteiger partial charge in [-0.3, -0.25) is 4.90 Å². The molecule has 0 spiro atoms. The minimum atomic E-state index is -0.663. The Morgan fingerprint density at radius 3 is 2.74 bits per heavy atom. The minimum Gasteiger partial charge on any atom is -0.492 e. The summed E-state index contributed by atoms with van der Waals surface area (Å²) in [6, 6.07) is 9.09. The van der Waals surface area contributed by atoms with E-state index in [2.05, 4.69) is 37.6 Å². The van der Waals surface area contributed by atoms with Crippen LogP contribution in [0.4, 0.5) is 20.4 Å². The van der Waals surface area contributed by atoms with Crippen molar-refractivity contribution in [1.29, 1.82) is 0 Å². The van der Waals surface area contributed by atoms with Crippen molar-refractivity contribution in [3.8, 4) is 5.75 Å². The Hall–Kier alpha value is -3.37. The molecule has 3 aromatic rings. The number of anilines is 2. The summed E-state index contributed by atoms with van der Waals surface area (Å²) in [5, 5.41) is 16.5. The topological polar surface area (TPSA) is 95.4 Å². The molecule has 1 aromatic carbocycles. The molecular formula is C28H36F2N6O2. The maximum Gasteiger partial charge on any atom is 0.129 e. The van der Waals surface area contributed by atoms with Gasteiger partial charge < -0.3 is 20.5 Å². The number of nitrogens with one attached hydrogen (secondary N) is 2. The van der Waals surface area contributed by atoms with Gasteiger partial charge in [-0.25, -0.2) is 23.7 Å². The number of fused-ring (bicyclic) bond motifs is 1. The Morgan fingerprint density at radius 2 is 1.95 bits per heavy atom. The van der Waals surface area contributed by atoms with Crippen molar-refractivity contribution in [1.82, 2.24) is 19.9 Å². The predicted molar refractivity (Wildman–Crippen MR) is 143 cm³/mol. The number of rotatable bonds is 15. The summed E-state index contributed by atoms with van der Waals surface area (Å²) in [7, 11) is 0. The summed E-state index contributed by atoms with van der Waals surface area (Å²) in [5.74, 6) is 0.531. The molecule has 0 unspecified atom stereocenters. The van der Waals surface area contributed by atoms with E-state index in [-0.39, 0.29) is 18.4 Å². The number of pyridine rings is 1. The number of halogens is 2. The quantitative estimate of drug-likeness (QED) is 0.255. The highest BCUT2D eigenvalue weighted by Gasteiger charge is 2.14. The van der Waals surface area contributed by atoms with Crippen LogP contribution < -0.4 is 15.4 Å². The Bertz CT molecular complexity index is 1120. The van der Waals surface area contributed by atoms with E-state index in [1.165, 1.54) is 24.0 Å². The van der Waals surface area contributed by atoms with E-state index in [0.29, 0.717) is 31.9 Å². The Kier molecular flexibility index (Phi) is 10.6. The van der Waals surface area contributed by atoms with Crippen LogP contribution in [0.25, 0.3) is 0 Å². The van der Waals surface area contributed by atoms with Crippen LogP contribution in [0.1, 0.15) is 36.9 Å². The number of aliphatic hydroxyl groups is 1. The second-order valence-electron chi connectivity index (χ2n) is 9.50. The lowest BCUT2D eigenvalue weighted by molar-refractivity contribution is 0.191. The van der Waals surface area contributed by atoms with Crippen LogP contribution >= 0.6 is 0 Å². The molecule has 0 amide bonds. The Morgan fingerprint density at radius 1 is 1.08 bits per heavy atom. The number of hydrogen-bond donors (Lipinski definition) is 3. The van der Waals surface area contributed by atoms with Crippen LogP contribution in [-0.4, -0.2) is 70.4 Å². The van der Waals surface area contributed by atoms with Gasteiger partial charge >= 0.3 is 0 Å². The number of nitrogens with zero attached hydrogens (tertiary/aromatic N) is 4. The van der Waals surface area contributed by atoms with Gasteiger partial charge in [0.1, 0.15) is 42.0 Å². The molecule has 0 saturated carbocycles. The van der Waals surface area contributed by atoms with E-state index >= 15 is 0 Å². The second kappa shape index (κ2) is 14.5. The van der Waals surface area contributed by atoms with E-state index in [1.54, 1.807) is 12.3 Å². The van der Waals surface area contributed by atoms with Crippen LogP contribution in [0.3, 0.4) is 0 Å². The normalized spacial score (nSPS) is 13.6. The number of aliphatic hydroxyl groups excluding tert-OH is 1. The van der Waals surface area contributed by atoms with Gasteiger partial charge in [0.25, 0.3) is 0 Å². The van der Waals surface area contributed by atoms with E-state index in [1.807, 2.05) is 0 Å². The average molecular weight is 527 g/mol. The molecule has 1 aliphatic rings. The van der Waals surface area contributed by atoms with Crippen LogP contribution in [-0.2, 0) is 12.8 Å². The first-order chi connectivity index (χ1) is 18.6. The summed E-state index contributed by atoms with van der Waals surface area (Å²) in [4.78, 5) is 15.1. The maximum atomic E-state index is 13.5. The first kappa shape index (κ1) is 27.7. The lowest BCUT2D eigenvalue weighted by atomic mass is 10.1. The van der Waals surface area contributed by atoms with Gasteiger partial charge in [-0.1, -0.05) is 6.07 Å². The lowest BCUT2D eigenvalue weighted by Gasteiger charge is -2.25. The number of unbranched alkanes of at least 4 members (excludes halogenated alkanes) is 1. The van der Waals surface area contributed by atoms with Crippen LogP contribution in [0.5, 0.6) is 5.75 Å². The van der Waals surface area contributed by atoms with E-state index in [9.17, 15) is 13.9 Å². The van der Waals surface area contributed by atoms with Crippen molar-refractivity contribution in [2.45, 2.75) is 44.6 Å². The van der Waals surface area contributed by atoms with Gasteiger partial charge in [-0.05, 0) is 62.8 Å². The van der Waals surface area contributed by atoms with E-state index in [4.69, 9.17) is 9.72 Å². The van der Waals surface area contributed by atoms with Gasteiger partial charge in [-0.2, -0.15) is 0 Å². The number of aromatic nitrogens is 3. The third kappa shape index (κ3) is 8.88. The SMILES string of the molecule is OC[C@H](CCN(CCCCc1ccc2c(n1)NCCC2)CCOc1cc(F)cc(F)c1)Nc1ccncn1. The summed E-state index contributed by atoms with van der Waals surface area (Å²) in [5.41, 5.74) is 2.38. The molecule has 8 nitrogen and oxygen atoms in total. The number of aryl methyl sites for hydroxylation is 2. The monoisotopic (exact) mass is 526 g/mol. The summed E-state index contributed by atoms with van der Waals surface area (Å²) < 4.78 is 32.6. The van der Waals surface area contributed by atoms with E-state index in [0.717, 1.165) is 62.8 Å². The molecule has 0 bridgehead atoms.